The van der Waals surface area contributed by atoms with Crippen LogP contribution in [0.15, 0.2) is 72.5 Å². The molecule has 1 heterocycles. The molecule has 1 aliphatic rings. The zero-order valence-corrected chi connectivity index (χ0v) is 20.3. The van der Waals surface area contributed by atoms with E-state index in [1.54, 1.807) is 0 Å². The Morgan fingerprint density at radius 2 is 1.88 bits per heavy atom. The fourth-order valence-corrected chi connectivity index (χ4v) is 5.48. The molecule has 1 saturated heterocycles. The monoisotopic (exact) mass is 447 g/mol. The van der Waals surface area contributed by atoms with Gasteiger partial charge in [-0.1, -0.05) is 60.1 Å². The van der Waals surface area contributed by atoms with E-state index < -0.39 is 5.41 Å². The highest BCUT2D eigenvalue weighted by molar-refractivity contribution is 6.31. The van der Waals surface area contributed by atoms with Crippen molar-refractivity contribution in [1.82, 2.24) is 4.90 Å². The Labute approximate surface area is 198 Å². The van der Waals surface area contributed by atoms with Crippen LogP contribution in [0.3, 0.4) is 0 Å². The van der Waals surface area contributed by atoms with Crippen LogP contribution >= 0.6 is 11.6 Å². The number of hydrogen-bond donors (Lipinski definition) is 1. The predicted octanol–water partition coefficient (Wildman–Crippen LogP) is 6.93. The van der Waals surface area contributed by atoms with E-state index in [1.807, 2.05) is 38.1 Å². The standard InChI is InChI=1S/C28H34ClN3/c1-5-22(16-17-30)28(4,19-31)18-23-15-14-21(3)32(23)27(24-11-7-6-10-20(24)2)25-12-8-9-13-26(25)29/h5-13,16-17,21,23,27H,14-15,18,30H2,1-4H3/b17-16-,22-5+. The van der Waals surface area contributed by atoms with Gasteiger partial charge < -0.3 is 5.73 Å². The Hall–Kier alpha value is -2.54. The first-order valence-corrected chi connectivity index (χ1v) is 11.8. The molecule has 4 atom stereocenters. The summed E-state index contributed by atoms with van der Waals surface area (Å²) in [4.78, 5) is 2.60. The Kier molecular flexibility index (Phi) is 7.82. The van der Waals surface area contributed by atoms with Gasteiger partial charge in [0.05, 0.1) is 17.5 Å². The van der Waals surface area contributed by atoms with Gasteiger partial charge in [0.1, 0.15) is 0 Å². The van der Waals surface area contributed by atoms with E-state index in [1.165, 1.54) is 17.3 Å². The van der Waals surface area contributed by atoms with E-state index in [9.17, 15) is 5.26 Å². The van der Waals surface area contributed by atoms with Crippen LogP contribution in [0.5, 0.6) is 0 Å². The zero-order chi connectivity index (χ0) is 23.3. The Morgan fingerprint density at radius 3 is 2.47 bits per heavy atom. The van der Waals surface area contributed by atoms with Crippen LogP contribution in [0.1, 0.15) is 62.8 Å². The number of rotatable bonds is 7. The number of benzene rings is 2. The van der Waals surface area contributed by atoms with E-state index in [-0.39, 0.29) is 12.1 Å². The fourth-order valence-electron chi connectivity index (χ4n) is 5.25. The quantitative estimate of drug-likeness (QED) is 0.468. The summed E-state index contributed by atoms with van der Waals surface area (Å²) in [5.74, 6) is 0. The van der Waals surface area contributed by atoms with Gasteiger partial charge in [0.25, 0.3) is 0 Å². The molecule has 3 nitrogen and oxygen atoms in total. The number of likely N-dealkylation sites (tertiary alicyclic amines) is 1. The molecule has 1 aliphatic heterocycles. The van der Waals surface area contributed by atoms with Crippen molar-refractivity contribution in [3.05, 3.63) is 94.2 Å². The first-order chi connectivity index (χ1) is 15.4. The second kappa shape index (κ2) is 10.4. The third-order valence-electron chi connectivity index (χ3n) is 6.94. The molecule has 3 rings (SSSR count). The van der Waals surface area contributed by atoms with Crippen LogP contribution in [0.2, 0.25) is 5.02 Å². The van der Waals surface area contributed by atoms with Crippen molar-refractivity contribution in [1.29, 1.82) is 5.26 Å². The van der Waals surface area contributed by atoms with Crippen LogP contribution in [0.25, 0.3) is 0 Å². The van der Waals surface area contributed by atoms with Gasteiger partial charge in [-0.3, -0.25) is 4.90 Å². The van der Waals surface area contributed by atoms with Gasteiger partial charge in [-0.15, -0.1) is 0 Å². The Balaban J connectivity index is 2.10. The van der Waals surface area contributed by atoms with Crippen LogP contribution in [-0.4, -0.2) is 17.0 Å². The molecule has 4 unspecified atom stereocenters. The van der Waals surface area contributed by atoms with Crippen molar-refractivity contribution in [2.75, 3.05) is 0 Å². The van der Waals surface area contributed by atoms with Crippen LogP contribution < -0.4 is 5.73 Å². The van der Waals surface area contributed by atoms with E-state index in [0.717, 1.165) is 35.4 Å². The molecule has 0 aromatic heterocycles. The number of nitrogens with two attached hydrogens (primary N) is 1. The molecule has 2 N–H and O–H groups in total. The SMILES string of the molecule is C/C=C(\C=C/N)C(C)(C#N)CC1CCC(C)N1C(c1ccccc1C)c1ccccc1Cl. The Bertz CT molecular complexity index is 989. The minimum absolute atomic E-state index is 0.0365. The molecule has 0 amide bonds. The molecule has 0 spiro atoms. The largest absolute Gasteiger partial charge is 0.405 e. The topological polar surface area (TPSA) is 53.1 Å². The highest BCUT2D eigenvalue weighted by Crippen LogP contribution is 2.45. The first-order valence-electron chi connectivity index (χ1n) is 11.4. The zero-order valence-electron chi connectivity index (χ0n) is 19.6. The van der Waals surface area contributed by atoms with Gasteiger partial charge in [0.15, 0.2) is 0 Å². The van der Waals surface area contributed by atoms with Crippen LogP contribution in [-0.2, 0) is 0 Å². The molecule has 0 aliphatic carbocycles. The normalized spacial score (nSPS) is 22.6. The summed E-state index contributed by atoms with van der Waals surface area (Å²) in [6.45, 7) is 8.46. The van der Waals surface area contributed by atoms with Crippen LogP contribution in [0.4, 0.5) is 0 Å². The van der Waals surface area contributed by atoms with E-state index >= 15 is 0 Å². The number of nitrogens with zero attached hydrogens (tertiary/aromatic N) is 2. The van der Waals surface area contributed by atoms with Crippen molar-refractivity contribution in [3.8, 4) is 6.07 Å². The van der Waals surface area contributed by atoms with E-state index in [2.05, 4.69) is 61.2 Å². The van der Waals surface area contributed by atoms with E-state index in [4.69, 9.17) is 17.3 Å². The summed E-state index contributed by atoms with van der Waals surface area (Å²) in [6, 6.07) is 20.0. The third-order valence-corrected chi connectivity index (χ3v) is 7.29. The van der Waals surface area contributed by atoms with Crippen molar-refractivity contribution in [2.45, 2.75) is 65.1 Å². The van der Waals surface area contributed by atoms with E-state index in [0.29, 0.717) is 6.04 Å². The van der Waals surface area contributed by atoms with Crippen molar-refractivity contribution in [3.63, 3.8) is 0 Å². The third kappa shape index (κ3) is 4.77. The average molecular weight is 448 g/mol. The van der Waals surface area contributed by atoms with Crippen molar-refractivity contribution >= 4 is 11.6 Å². The first kappa shape index (κ1) is 24.1. The summed E-state index contributed by atoms with van der Waals surface area (Å²) >= 11 is 6.76. The Morgan fingerprint density at radius 1 is 1.22 bits per heavy atom. The fraction of sp³-hybridized carbons (Fsp3) is 0.393. The average Bonchev–Trinajstić information content (AvgIpc) is 3.14. The lowest BCUT2D eigenvalue weighted by Crippen LogP contribution is -2.41. The van der Waals surface area contributed by atoms with Gasteiger partial charge in [0, 0.05) is 17.1 Å². The van der Waals surface area contributed by atoms with Crippen molar-refractivity contribution in [2.24, 2.45) is 11.1 Å². The van der Waals surface area contributed by atoms with Crippen LogP contribution in [0, 0.1) is 23.7 Å². The number of aryl methyl sites for hydroxylation is 1. The summed E-state index contributed by atoms with van der Waals surface area (Å²) in [5.41, 5.74) is 9.68. The van der Waals surface area contributed by atoms with Gasteiger partial charge in [-0.25, -0.2) is 0 Å². The molecule has 32 heavy (non-hydrogen) atoms. The molecule has 0 bridgehead atoms. The summed E-state index contributed by atoms with van der Waals surface area (Å²) in [6.07, 6.45) is 8.27. The maximum atomic E-state index is 10.2. The molecule has 4 heteroatoms. The lowest BCUT2D eigenvalue weighted by molar-refractivity contribution is 0.136. The van der Waals surface area contributed by atoms with Gasteiger partial charge >= 0.3 is 0 Å². The molecule has 2 aromatic carbocycles. The van der Waals surface area contributed by atoms with Crippen molar-refractivity contribution < 1.29 is 0 Å². The number of allylic oxidation sites excluding steroid dienone is 3. The van der Waals surface area contributed by atoms with Gasteiger partial charge in [-0.05, 0) is 87.6 Å². The van der Waals surface area contributed by atoms with Gasteiger partial charge in [-0.2, -0.15) is 5.26 Å². The molecule has 0 saturated carbocycles. The maximum absolute atomic E-state index is 10.2. The summed E-state index contributed by atoms with van der Waals surface area (Å²) in [7, 11) is 0. The lowest BCUT2D eigenvalue weighted by Gasteiger charge is -2.40. The minimum Gasteiger partial charge on any atom is -0.405 e. The number of nitriles is 1. The number of hydrogen-bond acceptors (Lipinski definition) is 3. The smallest absolute Gasteiger partial charge is 0.0806 e. The summed E-state index contributed by atoms with van der Waals surface area (Å²) < 4.78 is 0. The molecular weight excluding hydrogens is 414 g/mol. The lowest BCUT2D eigenvalue weighted by atomic mass is 9.77. The maximum Gasteiger partial charge on any atom is 0.0806 e. The second-order valence-corrected chi connectivity index (χ2v) is 9.47. The molecule has 0 radical (unpaired) electrons. The highest BCUT2D eigenvalue weighted by atomic mass is 35.5. The molecule has 168 valence electrons. The predicted molar refractivity (Wildman–Crippen MR) is 134 cm³/mol. The molecular formula is C28H34ClN3. The molecule has 1 fully saturated rings. The van der Waals surface area contributed by atoms with Gasteiger partial charge in [0.2, 0.25) is 0 Å². The number of halogens is 1. The second-order valence-electron chi connectivity index (χ2n) is 9.06. The molecule has 2 aromatic rings. The summed E-state index contributed by atoms with van der Waals surface area (Å²) in [5, 5.41) is 11.0. The minimum atomic E-state index is -0.617. The highest BCUT2D eigenvalue weighted by Gasteiger charge is 2.42.